The predicted octanol–water partition coefficient (Wildman–Crippen LogP) is 2.66. The van der Waals surface area contributed by atoms with Crippen molar-refractivity contribution < 1.29 is 23.8 Å². The smallest absolute Gasteiger partial charge is 0.258 e. The highest BCUT2D eigenvalue weighted by molar-refractivity contribution is 6.30. The summed E-state index contributed by atoms with van der Waals surface area (Å²) in [6.07, 6.45) is 4.27. The van der Waals surface area contributed by atoms with Gasteiger partial charge in [-0.3, -0.25) is 9.59 Å². The van der Waals surface area contributed by atoms with Gasteiger partial charge in [0, 0.05) is 36.0 Å². The van der Waals surface area contributed by atoms with Crippen LogP contribution in [0.3, 0.4) is 0 Å². The lowest BCUT2D eigenvalue weighted by molar-refractivity contribution is -0.136. The highest BCUT2D eigenvalue weighted by Crippen LogP contribution is 2.47. The monoisotopic (exact) mass is 501 g/mol. The molecular formula is C23H30Cl2FN3O4. The van der Waals surface area contributed by atoms with Gasteiger partial charge in [0.2, 0.25) is 5.91 Å². The Bertz CT molecular complexity index is 886. The number of alkyl halides is 1. The van der Waals surface area contributed by atoms with Crippen molar-refractivity contribution in [3.05, 3.63) is 29.0 Å². The van der Waals surface area contributed by atoms with E-state index in [0.717, 1.165) is 18.9 Å². The zero-order chi connectivity index (χ0) is 23.6. The lowest BCUT2D eigenvalue weighted by atomic mass is 9.60. The lowest BCUT2D eigenvalue weighted by Gasteiger charge is -2.56. The molecule has 33 heavy (non-hydrogen) atoms. The molecule has 3 aliphatic carbocycles. The number of amides is 2. The van der Waals surface area contributed by atoms with Crippen LogP contribution in [0.25, 0.3) is 0 Å². The van der Waals surface area contributed by atoms with Crippen molar-refractivity contribution in [1.82, 2.24) is 16.0 Å². The number of hydrogen-bond donors (Lipinski definition) is 4. The minimum absolute atomic E-state index is 0.0187. The Morgan fingerprint density at radius 2 is 1.94 bits per heavy atom. The zero-order valence-electron chi connectivity index (χ0n) is 18.3. The van der Waals surface area contributed by atoms with Crippen molar-refractivity contribution >= 4 is 35.0 Å². The molecule has 2 bridgehead atoms. The third-order valence-electron chi connectivity index (χ3n) is 7.26. The van der Waals surface area contributed by atoms with E-state index in [1.165, 1.54) is 12.1 Å². The number of aliphatic hydroxyl groups is 1. The fourth-order valence-electron chi connectivity index (χ4n) is 5.32. The van der Waals surface area contributed by atoms with Gasteiger partial charge in [-0.1, -0.05) is 11.6 Å². The number of piperidine rings is 1. The second-order valence-electron chi connectivity index (χ2n) is 9.60. The molecule has 2 unspecified atom stereocenters. The molecule has 1 aromatic rings. The number of halogens is 3. The minimum Gasteiger partial charge on any atom is -0.484 e. The number of nitrogens with one attached hydrogen (secondary N) is 3. The van der Waals surface area contributed by atoms with E-state index in [-0.39, 0.29) is 40.6 Å². The molecule has 4 N–H and O–H groups in total. The SMILES string of the molecule is O=C(CC1CCC(Cl)CN1)NC12CCC(NC(=O)COc3ccc(Cl)c(F)c3)(CC1)[C@@H](O)C2. The summed E-state index contributed by atoms with van der Waals surface area (Å²) in [6, 6.07) is 4.10. The Morgan fingerprint density at radius 3 is 2.58 bits per heavy atom. The molecule has 0 aromatic heterocycles. The van der Waals surface area contributed by atoms with Crippen LogP contribution in [0.4, 0.5) is 4.39 Å². The minimum atomic E-state index is -0.776. The number of rotatable bonds is 7. The molecule has 3 saturated carbocycles. The highest BCUT2D eigenvalue weighted by atomic mass is 35.5. The zero-order valence-corrected chi connectivity index (χ0v) is 19.9. The molecule has 1 saturated heterocycles. The maximum Gasteiger partial charge on any atom is 0.258 e. The summed E-state index contributed by atoms with van der Waals surface area (Å²) in [4.78, 5) is 25.2. The van der Waals surface area contributed by atoms with E-state index < -0.39 is 23.0 Å². The van der Waals surface area contributed by atoms with E-state index in [1.54, 1.807) is 0 Å². The molecule has 3 atom stereocenters. The first kappa shape index (κ1) is 24.5. The molecule has 1 aromatic carbocycles. The average molecular weight is 502 g/mol. The van der Waals surface area contributed by atoms with Crippen LogP contribution in [0, 0.1) is 5.82 Å². The van der Waals surface area contributed by atoms with Gasteiger partial charge in [-0.05, 0) is 57.1 Å². The van der Waals surface area contributed by atoms with Gasteiger partial charge in [0.05, 0.1) is 16.7 Å². The summed E-state index contributed by atoms with van der Waals surface area (Å²) < 4.78 is 18.9. The van der Waals surface area contributed by atoms with Crippen LogP contribution >= 0.6 is 23.2 Å². The highest BCUT2D eigenvalue weighted by Gasteiger charge is 2.55. The second-order valence-corrected chi connectivity index (χ2v) is 10.6. The van der Waals surface area contributed by atoms with Crippen LogP contribution in [0.15, 0.2) is 18.2 Å². The number of carbonyl (C=O) groups excluding carboxylic acids is 2. The number of ether oxygens (including phenoxy) is 1. The topological polar surface area (TPSA) is 99.7 Å². The van der Waals surface area contributed by atoms with E-state index >= 15 is 0 Å². The molecule has 10 heteroatoms. The third kappa shape index (κ3) is 5.73. The van der Waals surface area contributed by atoms with Gasteiger partial charge in [0.25, 0.3) is 5.91 Å². The van der Waals surface area contributed by atoms with Gasteiger partial charge in [-0.25, -0.2) is 4.39 Å². The van der Waals surface area contributed by atoms with Crippen molar-refractivity contribution in [2.45, 2.75) is 80.0 Å². The van der Waals surface area contributed by atoms with E-state index in [2.05, 4.69) is 16.0 Å². The quantitative estimate of drug-likeness (QED) is 0.430. The Hall–Kier alpha value is -1.61. The summed E-state index contributed by atoms with van der Waals surface area (Å²) >= 11 is 11.8. The maximum atomic E-state index is 13.5. The molecule has 0 radical (unpaired) electrons. The van der Waals surface area contributed by atoms with Gasteiger partial charge in [0.1, 0.15) is 11.6 Å². The van der Waals surface area contributed by atoms with E-state index in [9.17, 15) is 19.1 Å². The number of carbonyl (C=O) groups is 2. The van der Waals surface area contributed by atoms with Crippen LogP contribution in [0.5, 0.6) is 5.75 Å². The number of aliphatic hydroxyl groups excluding tert-OH is 1. The summed E-state index contributed by atoms with van der Waals surface area (Å²) in [5.41, 5.74) is -1.18. The van der Waals surface area contributed by atoms with Crippen molar-refractivity contribution in [2.75, 3.05) is 13.2 Å². The van der Waals surface area contributed by atoms with Gasteiger partial charge in [-0.15, -0.1) is 11.6 Å². The average Bonchev–Trinajstić information content (AvgIpc) is 2.77. The summed E-state index contributed by atoms with van der Waals surface area (Å²) in [6.45, 7) is 0.414. The van der Waals surface area contributed by atoms with Crippen LogP contribution in [0.2, 0.25) is 5.02 Å². The molecule has 4 aliphatic rings. The van der Waals surface area contributed by atoms with Gasteiger partial charge in [-0.2, -0.15) is 0 Å². The van der Waals surface area contributed by atoms with Crippen molar-refractivity contribution in [3.63, 3.8) is 0 Å². The van der Waals surface area contributed by atoms with Gasteiger partial charge in [0.15, 0.2) is 6.61 Å². The first-order valence-electron chi connectivity index (χ1n) is 11.4. The van der Waals surface area contributed by atoms with Gasteiger partial charge >= 0.3 is 0 Å². The Balaban J connectivity index is 1.27. The largest absolute Gasteiger partial charge is 0.484 e. The number of hydrogen-bond acceptors (Lipinski definition) is 5. The number of benzene rings is 1. The van der Waals surface area contributed by atoms with Crippen LogP contribution in [-0.4, -0.2) is 58.7 Å². The van der Waals surface area contributed by atoms with Crippen LogP contribution < -0.4 is 20.7 Å². The van der Waals surface area contributed by atoms with Crippen molar-refractivity contribution in [3.8, 4) is 5.75 Å². The summed E-state index contributed by atoms with van der Waals surface area (Å²) in [7, 11) is 0. The van der Waals surface area contributed by atoms with Crippen LogP contribution in [0.1, 0.15) is 51.4 Å². The Labute approximate surface area is 202 Å². The lowest BCUT2D eigenvalue weighted by Crippen LogP contribution is -2.70. The first-order chi connectivity index (χ1) is 15.7. The predicted molar refractivity (Wildman–Crippen MR) is 123 cm³/mol. The molecule has 0 spiro atoms. The second kappa shape index (κ2) is 9.94. The van der Waals surface area contributed by atoms with E-state index in [4.69, 9.17) is 27.9 Å². The van der Waals surface area contributed by atoms with Gasteiger partial charge < -0.3 is 25.8 Å². The Kier molecular flexibility index (Phi) is 7.38. The molecular weight excluding hydrogens is 472 g/mol. The standard InChI is InChI=1S/C23H30Cl2FN3O4/c24-14-1-2-15(27-12-14)9-20(31)28-22-5-7-23(8-6-22,19(30)11-22)29-21(32)13-33-16-3-4-17(25)18(26)10-16/h3-4,10,14-15,19,27,30H,1-2,5-9,11-13H2,(H,28,31)(H,29,32)/t14?,15?,19-,22?,23?/m0/s1. The first-order valence-corrected chi connectivity index (χ1v) is 12.3. The van der Waals surface area contributed by atoms with Crippen LogP contribution in [-0.2, 0) is 9.59 Å². The van der Waals surface area contributed by atoms with Crippen molar-refractivity contribution in [1.29, 1.82) is 0 Å². The molecule has 1 heterocycles. The fourth-order valence-corrected chi connectivity index (χ4v) is 5.65. The maximum absolute atomic E-state index is 13.5. The number of fused-ring (bicyclic) bond motifs is 3. The molecule has 1 aliphatic heterocycles. The molecule has 7 nitrogen and oxygen atoms in total. The van der Waals surface area contributed by atoms with E-state index in [0.29, 0.717) is 45.1 Å². The third-order valence-corrected chi connectivity index (χ3v) is 7.94. The van der Waals surface area contributed by atoms with E-state index in [1.807, 2.05) is 0 Å². The Morgan fingerprint density at radius 1 is 1.18 bits per heavy atom. The molecule has 182 valence electrons. The summed E-state index contributed by atoms with van der Waals surface area (Å²) in [5, 5.41) is 20.4. The molecule has 4 fully saturated rings. The summed E-state index contributed by atoms with van der Waals surface area (Å²) in [5.74, 6) is -0.823. The molecule has 2 amide bonds. The normalized spacial score (nSPS) is 33.4. The fraction of sp³-hybridized carbons (Fsp3) is 0.652. The molecule has 5 rings (SSSR count). The van der Waals surface area contributed by atoms with Crippen molar-refractivity contribution in [2.24, 2.45) is 0 Å².